The lowest BCUT2D eigenvalue weighted by Gasteiger charge is -2.10. The van der Waals surface area contributed by atoms with Gasteiger partial charge in [-0.2, -0.15) is 0 Å². The summed E-state index contributed by atoms with van der Waals surface area (Å²) in [5.74, 6) is -0.165. The summed E-state index contributed by atoms with van der Waals surface area (Å²) >= 11 is 0. The van der Waals surface area contributed by atoms with E-state index in [1.165, 1.54) is 0 Å². The minimum Gasteiger partial charge on any atom is -0.450 e. The summed E-state index contributed by atoms with van der Waals surface area (Å²) in [6, 6.07) is 0. The molecule has 2 rings (SSSR count). The quantitative estimate of drug-likeness (QED) is 0.494. The molecule has 0 aromatic rings. The third-order valence-electron chi connectivity index (χ3n) is 2.55. The first-order valence-corrected chi connectivity index (χ1v) is 5.10. The van der Waals surface area contributed by atoms with E-state index in [4.69, 9.17) is 4.74 Å². The van der Waals surface area contributed by atoms with E-state index in [-0.39, 0.29) is 12.1 Å². The zero-order chi connectivity index (χ0) is 9.97. The van der Waals surface area contributed by atoms with Gasteiger partial charge in [-0.05, 0) is 30.9 Å². The second kappa shape index (κ2) is 3.82. The van der Waals surface area contributed by atoms with E-state index in [1.54, 1.807) is 0 Å². The fourth-order valence-corrected chi connectivity index (χ4v) is 1.84. The second-order valence-electron chi connectivity index (χ2n) is 3.54. The highest BCUT2D eigenvalue weighted by Crippen LogP contribution is 2.31. The number of allylic oxidation sites excluding steroid dienone is 2. The summed E-state index contributed by atoms with van der Waals surface area (Å²) in [6.07, 6.45) is 10.8. The maximum atomic E-state index is 11.4. The molecule has 1 heterocycles. The number of ether oxygens (including phenoxy) is 1. The molecule has 74 valence electrons. The van der Waals surface area contributed by atoms with E-state index in [2.05, 4.69) is 6.92 Å². The van der Waals surface area contributed by atoms with E-state index in [0.717, 1.165) is 30.4 Å². The zero-order valence-electron chi connectivity index (χ0n) is 8.32. The molecule has 2 aliphatic rings. The maximum Gasteiger partial charge on any atom is 0.339 e. The molecule has 1 aliphatic heterocycles. The van der Waals surface area contributed by atoms with Crippen LogP contribution in [0.1, 0.15) is 26.2 Å². The Morgan fingerprint density at radius 2 is 2.50 bits per heavy atom. The number of hydrogen-bond donors (Lipinski definition) is 0. The SMILES string of the molecule is CCC=CC1OC(=O)C2=C1CCC=C2. The van der Waals surface area contributed by atoms with Gasteiger partial charge in [0.05, 0.1) is 5.57 Å². The molecule has 0 amide bonds. The minimum absolute atomic E-state index is 0.0950. The van der Waals surface area contributed by atoms with Crippen molar-refractivity contribution in [1.82, 2.24) is 0 Å². The lowest BCUT2D eigenvalue weighted by atomic mass is 9.95. The van der Waals surface area contributed by atoms with Crippen LogP contribution in [-0.2, 0) is 9.53 Å². The van der Waals surface area contributed by atoms with Crippen molar-refractivity contribution in [2.45, 2.75) is 32.3 Å². The fourth-order valence-electron chi connectivity index (χ4n) is 1.84. The van der Waals surface area contributed by atoms with Crippen LogP contribution < -0.4 is 0 Å². The van der Waals surface area contributed by atoms with Gasteiger partial charge < -0.3 is 4.74 Å². The van der Waals surface area contributed by atoms with E-state index in [9.17, 15) is 4.79 Å². The Morgan fingerprint density at radius 1 is 1.64 bits per heavy atom. The molecule has 0 aromatic heterocycles. The first-order valence-electron chi connectivity index (χ1n) is 5.10. The van der Waals surface area contributed by atoms with Crippen molar-refractivity contribution in [2.24, 2.45) is 0 Å². The van der Waals surface area contributed by atoms with Crippen LogP contribution >= 0.6 is 0 Å². The van der Waals surface area contributed by atoms with Gasteiger partial charge in [-0.25, -0.2) is 4.79 Å². The lowest BCUT2D eigenvalue weighted by Crippen LogP contribution is -2.08. The van der Waals surface area contributed by atoms with Gasteiger partial charge in [0.25, 0.3) is 0 Å². The van der Waals surface area contributed by atoms with E-state index in [1.807, 2.05) is 24.3 Å². The van der Waals surface area contributed by atoms with Gasteiger partial charge in [0.2, 0.25) is 0 Å². The molecule has 0 aromatic carbocycles. The second-order valence-corrected chi connectivity index (χ2v) is 3.54. The molecule has 0 saturated heterocycles. The van der Waals surface area contributed by atoms with Gasteiger partial charge in [-0.15, -0.1) is 0 Å². The van der Waals surface area contributed by atoms with Crippen molar-refractivity contribution in [3.05, 3.63) is 35.5 Å². The van der Waals surface area contributed by atoms with Crippen molar-refractivity contribution < 1.29 is 9.53 Å². The molecule has 1 atom stereocenters. The Labute approximate surface area is 83.9 Å². The van der Waals surface area contributed by atoms with Gasteiger partial charge in [0.15, 0.2) is 0 Å². The van der Waals surface area contributed by atoms with Crippen LogP contribution in [0.2, 0.25) is 0 Å². The average Bonchev–Trinajstić information content (AvgIpc) is 2.54. The Balaban J connectivity index is 2.23. The highest BCUT2D eigenvalue weighted by molar-refractivity contribution is 5.95. The predicted molar refractivity (Wildman–Crippen MR) is 54.7 cm³/mol. The van der Waals surface area contributed by atoms with Crippen molar-refractivity contribution in [1.29, 1.82) is 0 Å². The first-order chi connectivity index (χ1) is 6.83. The number of rotatable bonds is 2. The third kappa shape index (κ3) is 1.52. The molecule has 0 fully saturated rings. The Kier molecular flexibility index (Phi) is 2.53. The van der Waals surface area contributed by atoms with Crippen LogP contribution in [0.5, 0.6) is 0 Å². The highest BCUT2D eigenvalue weighted by Gasteiger charge is 2.31. The Hall–Kier alpha value is -1.31. The standard InChI is InChI=1S/C12H14O2/c1-2-3-8-11-9-6-4-5-7-10(9)12(13)14-11/h3,5,7-8,11H,2,4,6H2,1H3. The molecule has 0 spiro atoms. The van der Waals surface area contributed by atoms with Crippen molar-refractivity contribution in [3.8, 4) is 0 Å². The molecule has 14 heavy (non-hydrogen) atoms. The molecular formula is C12H14O2. The first kappa shape index (κ1) is 9.25. The van der Waals surface area contributed by atoms with E-state index in [0.29, 0.717) is 0 Å². The minimum atomic E-state index is -0.165. The molecule has 0 bridgehead atoms. The number of hydrogen-bond acceptors (Lipinski definition) is 2. The molecule has 1 aliphatic carbocycles. The van der Waals surface area contributed by atoms with Gasteiger partial charge >= 0.3 is 5.97 Å². The number of carbonyl (C=O) groups excluding carboxylic acids is 1. The van der Waals surface area contributed by atoms with Crippen LogP contribution in [0, 0.1) is 0 Å². The summed E-state index contributed by atoms with van der Waals surface area (Å²) in [5.41, 5.74) is 1.93. The fraction of sp³-hybridized carbons (Fsp3) is 0.417. The topological polar surface area (TPSA) is 26.3 Å². The lowest BCUT2D eigenvalue weighted by molar-refractivity contribution is -0.137. The molecule has 0 saturated carbocycles. The van der Waals surface area contributed by atoms with Crippen LogP contribution in [0.25, 0.3) is 0 Å². The smallest absolute Gasteiger partial charge is 0.339 e. The molecular weight excluding hydrogens is 176 g/mol. The Bertz CT molecular complexity index is 334. The summed E-state index contributed by atoms with van der Waals surface area (Å²) in [5, 5.41) is 0. The van der Waals surface area contributed by atoms with Crippen LogP contribution in [0.4, 0.5) is 0 Å². The van der Waals surface area contributed by atoms with Crippen LogP contribution in [-0.4, -0.2) is 12.1 Å². The van der Waals surface area contributed by atoms with Gasteiger partial charge in [-0.1, -0.05) is 25.2 Å². The summed E-state index contributed by atoms with van der Waals surface area (Å²) in [6.45, 7) is 2.07. The Morgan fingerprint density at radius 3 is 3.29 bits per heavy atom. The van der Waals surface area contributed by atoms with Crippen LogP contribution in [0.15, 0.2) is 35.5 Å². The third-order valence-corrected chi connectivity index (χ3v) is 2.55. The van der Waals surface area contributed by atoms with Gasteiger partial charge in [-0.3, -0.25) is 0 Å². The summed E-state index contributed by atoms with van der Waals surface area (Å²) in [7, 11) is 0. The van der Waals surface area contributed by atoms with Crippen LogP contribution in [0.3, 0.4) is 0 Å². The van der Waals surface area contributed by atoms with Crippen molar-refractivity contribution >= 4 is 5.97 Å². The number of cyclic esters (lactones) is 1. The summed E-state index contributed by atoms with van der Waals surface area (Å²) < 4.78 is 5.26. The monoisotopic (exact) mass is 190 g/mol. The largest absolute Gasteiger partial charge is 0.450 e. The van der Waals surface area contributed by atoms with Gasteiger partial charge in [0.1, 0.15) is 6.10 Å². The number of esters is 1. The van der Waals surface area contributed by atoms with Crippen molar-refractivity contribution in [3.63, 3.8) is 0 Å². The molecule has 0 radical (unpaired) electrons. The summed E-state index contributed by atoms with van der Waals surface area (Å²) in [4.78, 5) is 11.4. The van der Waals surface area contributed by atoms with Crippen molar-refractivity contribution in [2.75, 3.05) is 0 Å². The predicted octanol–water partition coefficient (Wildman–Crippen LogP) is 2.52. The molecule has 2 heteroatoms. The number of carbonyl (C=O) groups is 1. The normalized spacial score (nSPS) is 25.8. The van der Waals surface area contributed by atoms with Gasteiger partial charge in [0, 0.05) is 0 Å². The molecule has 2 nitrogen and oxygen atoms in total. The van der Waals surface area contributed by atoms with E-state index < -0.39 is 0 Å². The zero-order valence-corrected chi connectivity index (χ0v) is 8.32. The molecule has 1 unspecified atom stereocenters. The highest BCUT2D eigenvalue weighted by atomic mass is 16.5. The van der Waals surface area contributed by atoms with E-state index >= 15 is 0 Å². The maximum absolute atomic E-state index is 11.4. The molecule has 0 N–H and O–H groups in total. The average molecular weight is 190 g/mol.